The van der Waals surface area contributed by atoms with Crippen LogP contribution in [0.2, 0.25) is 0 Å². The maximum absolute atomic E-state index is 11.7. The molecule has 1 amide bonds. The number of nitrogens with two attached hydrogens (primary N) is 2. The Morgan fingerprint density at radius 1 is 1.20 bits per heavy atom. The first-order valence-electron chi connectivity index (χ1n) is 4.74. The summed E-state index contributed by atoms with van der Waals surface area (Å²) in [5.74, 6) is -0.594. The van der Waals surface area contributed by atoms with Gasteiger partial charge in [0.05, 0.1) is 6.04 Å². The Morgan fingerprint density at radius 3 is 2.33 bits per heavy atom. The summed E-state index contributed by atoms with van der Waals surface area (Å²) in [6.07, 6.45) is 0.433. The molecule has 15 heavy (non-hydrogen) atoms. The lowest BCUT2D eigenvalue weighted by Crippen LogP contribution is -2.31. The van der Waals surface area contributed by atoms with E-state index in [1.54, 1.807) is 24.3 Å². The molecule has 0 bridgehead atoms. The zero-order valence-corrected chi connectivity index (χ0v) is 8.35. The van der Waals surface area contributed by atoms with Gasteiger partial charge in [0.2, 0.25) is 5.91 Å². The Kier molecular flexibility index (Phi) is 4.00. The van der Waals surface area contributed by atoms with E-state index in [0.717, 1.165) is 0 Å². The molecule has 0 spiro atoms. The smallest absolute Gasteiger partial charge is 0.217 e. The van der Waals surface area contributed by atoms with Crippen molar-refractivity contribution in [2.24, 2.45) is 11.5 Å². The van der Waals surface area contributed by atoms with E-state index in [4.69, 9.17) is 11.5 Å². The summed E-state index contributed by atoms with van der Waals surface area (Å²) in [6.45, 7) is 0. The van der Waals surface area contributed by atoms with E-state index in [2.05, 4.69) is 0 Å². The number of amides is 1. The Balaban J connectivity index is 2.57. The van der Waals surface area contributed by atoms with E-state index >= 15 is 0 Å². The topological polar surface area (TPSA) is 86.2 Å². The fourth-order valence-corrected chi connectivity index (χ4v) is 1.25. The van der Waals surface area contributed by atoms with Crippen molar-refractivity contribution < 1.29 is 9.59 Å². The quantitative estimate of drug-likeness (QED) is 0.686. The minimum absolute atomic E-state index is 0.139. The van der Waals surface area contributed by atoms with Gasteiger partial charge in [0.1, 0.15) is 0 Å². The van der Waals surface area contributed by atoms with Crippen LogP contribution in [0, 0.1) is 0 Å². The summed E-state index contributed by atoms with van der Waals surface area (Å²) in [7, 11) is 0. The zero-order valence-electron chi connectivity index (χ0n) is 8.35. The lowest BCUT2D eigenvalue weighted by atomic mass is 10.0. The fourth-order valence-electron chi connectivity index (χ4n) is 1.25. The van der Waals surface area contributed by atoms with Crippen LogP contribution in [0.1, 0.15) is 23.2 Å². The summed E-state index contributed by atoms with van der Waals surface area (Å²) in [6, 6.07) is 8.12. The predicted molar refractivity (Wildman–Crippen MR) is 57.2 cm³/mol. The molecule has 0 aliphatic rings. The van der Waals surface area contributed by atoms with Crippen LogP contribution in [0.5, 0.6) is 0 Å². The van der Waals surface area contributed by atoms with Crippen molar-refractivity contribution in [3.8, 4) is 0 Å². The summed E-state index contributed by atoms with van der Waals surface area (Å²) in [5, 5.41) is 0. The second kappa shape index (κ2) is 5.26. The van der Waals surface area contributed by atoms with Gasteiger partial charge in [-0.3, -0.25) is 9.59 Å². The first-order valence-corrected chi connectivity index (χ1v) is 4.74. The Hall–Kier alpha value is -1.68. The highest BCUT2D eigenvalue weighted by atomic mass is 16.1. The van der Waals surface area contributed by atoms with Gasteiger partial charge >= 0.3 is 0 Å². The van der Waals surface area contributed by atoms with Crippen molar-refractivity contribution in [3.63, 3.8) is 0 Å². The third-order valence-electron chi connectivity index (χ3n) is 2.10. The molecule has 0 aliphatic heterocycles. The zero-order chi connectivity index (χ0) is 11.3. The largest absolute Gasteiger partial charge is 0.370 e. The van der Waals surface area contributed by atoms with Gasteiger partial charge in [-0.1, -0.05) is 30.3 Å². The van der Waals surface area contributed by atoms with Crippen LogP contribution in [0.3, 0.4) is 0 Å². The molecule has 4 heteroatoms. The van der Waals surface area contributed by atoms with E-state index in [1.165, 1.54) is 0 Å². The summed E-state index contributed by atoms with van der Waals surface area (Å²) >= 11 is 0. The molecule has 1 rings (SSSR count). The molecular formula is C11H14N2O2. The molecular weight excluding hydrogens is 192 g/mol. The van der Waals surface area contributed by atoms with Crippen LogP contribution in [-0.2, 0) is 4.79 Å². The fraction of sp³-hybridized carbons (Fsp3) is 0.273. The van der Waals surface area contributed by atoms with Crippen molar-refractivity contribution in [3.05, 3.63) is 35.9 Å². The van der Waals surface area contributed by atoms with Crippen LogP contribution in [0.4, 0.5) is 0 Å². The van der Waals surface area contributed by atoms with Crippen molar-refractivity contribution >= 4 is 11.7 Å². The molecule has 0 saturated carbocycles. The number of benzene rings is 1. The van der Waals surface area contributed by atoms with Crippen molar-refractivity contribution in [1.82, 2.24) is 0 Å². The number of Topliss-reactive ketones (excluding diaryl/α,β-unsaturated/α-hetero) is 1. The van der Waals surface area contributed by atoms with Gasteiger partial charge in [0.15, 0.2) is 5.78 Å². The van der Waals surface area contributed by atoms with E-state index in [-0.39, 0.29) is 12.2 Å². The minimum atomic E-state index is -0.653. The normalized spacial score (nSPS) is 12.1. The first-order chi connectivity index (χ1) is 7.11. The van der Waals surface area contributed by atoms with Gasteiger partial charge in [-0.2, -0.15) is 0 Å². The lowest BCUT2D eigenvalue weighted by molar-refractivity contribution is -0.118. The Morgan fingerprint density at radius 2 is 1.80 bits per heavy atom. The number of hydrogen-bond donors (Lipinski definition) is 2. The van der Waals surface area contributed by atoms with Gasteiger partial charge in [-0.25, -0.2) is 0 Å². The Labute approximate surface area is 88.3 Å². The van der Waals surface area contributed by atoms with Crippen molar-refractivity contribution in [2.75, 3.05) is 0 Å². The highest BCUT2D eigenvalue weighted by Gasteiger charge is 2.15. The SMILES string of the molecule is NC(=O)CC[C@H](N)C(=O)c1ccccc1. The van der Waals surface area contributed by atoms with Crippen LogP contribution in [-0.4, -0.2) is 17.7 Å². The number of primary amides is 1. The predicted octanol–water partition coefficient (Wildman–Crippen LogP) is 0.462. The van der Waals surface area contributed by atoms with E-state index in [0.29, 0.717) is 12.0 Å². The molecule has 1 atom stereocenters. The number of ketones is 1. The molecule has 80 valence electrons. The van der Waals surface area contributed by atoms with Crippen molar-refractivity contribution in [1.29, 1.82) is 0 Å². The monoisotopic (exact) mass is 206 g/mol. The maximum atomic E-state index is 11.7. The van der Waals surface area contributed by atoms with Gasteiger partial charge < -0.3 is 11.5 Å². The standard InChI is InChI=1S/C11H14N2O2/c12-9(6-7-10(13)14)11(15)8-4-2-1-3-5-8/h1-5,9H,6-7,12H2,(H2,13,14)/t9-/m0/s1. The molecule has 4 N–H and O–H groups in total. The van der Waals surface area contributed by atoms with Gasteiger partial charge in [-0.15, -0.1) is 0 Å². The molecule has 0 heterocycles. The van der Waals surface area contributed by atoms with Crippen LogP contribution in [0.15, 0.2) is 30.3 Å². The average molecular weight is 206 g/mol. The molecule has 1 aromatic rings. The van der Waals surface area contributed by atoms with Gasteiger partial charge in [-0.05, 0) is 6.42 Å². The molecule has 4 nitrogen and oxygen atoms in total. The number of rotatable bonds is 5. The number of carbonyl (C=O) groups is 2. The van der Waals surface area contributed by atoms with Crippen LogP contribution < -0.4 is 11.5 Å². The van der Waals surface area contributed by atoms with Crippen LogP contribution in [0.25, 0.3) is 0 Å². The number of carbonyl (C=O) groups excluding carboxylic acids is 2. The molecule has 0 aromatic heterocycles. The summed E-state index contributed by atoms with van der Waals surface area (Å²) in [5.41, 5.74) is 11.2. The van der Waals surface area contributed by atoms with Crippen molar-refractivity contribution in [2.45, 2.75) is 18.9 Å². The van der Waals surface area contributed by atoms with Crippen LogP contribution >= 0.6 is 0 Å². The van der Waals surface area contributed by atoms with E-state index in [9.17, 15) is 9.59 Å². The molecule has 0 saturated heterocycles. The Bertz CT molecular complexity index is 349. The molecule has 0 fully saturated rings. The summed E-state index contributed by atoms with van der Waals surface area (Å²) < 4.78 is 0. The second-order valence-electron chi connectivity index (χ2n) is 3.34. The highest BCUT2D eigenvalue weighted by Crippen LogP contribution is 2.05. The van der Waals surface area contributed by atoms with Gasteiger partial charge in [0, 0.05) is 12.0 Å². The highest BCUT2D eigenvalue weighted by molar-refractivity contribution is 6.00. The molecule has 1 aromatic carbocycles. The second-order valence-corrected chi connectivity index (χ2v) is 3.34. The lowest BCUT2D eigenvalue weighted by Gasteiger charge is -2.08. The third kappa shape index (κ3) is 3.52. The molecule has 0 radical (unpaired) electrons. The van der Waals surface area contributed by atoms with E-state index in [1.807, 2.05) is 6.07 Å². The average Bonchev–Trinajstić information content (AvgIpc) is 2.26. The first kappa shape index (κ1) is 11.4. The number of hydrogen-bond acceptors (Lipinski definition) is 3. The molecule has 0 aliphatic carbocycles. The molecule has 0 unspecified atom stereocenters. The maximum Gasteiger partial charge on any atom is 0.217 e. The van der Waals surface area contributed by atoms with Gasteiger partial charge in [0.25, 0.3) is 0 Å². The minimum Gasteiger partial charge on any atom is -0.370 e. The summed E-state index contributed by atoms with van der Waals surface area (Å²) in [4.78, 5) is 22.2. The third-order valence-corrected chi connectivity index (χ3v) is 2.10. The van der Waals surface area contributed by atoms with E-state index < -0.39 is 11.9 Å².